The standard InChI is InChI=1S/C18H19NS.C18H24O2.C2H6/c1-12(2)13(3)17-14-8-4-5-10-16(14)20-18(17)15-9-6-7-11-19-15;1-14-9-11-16(12-10-14)18(20-3)13-17(19-2)15-7-5-4-6-8-15;1-2/h4-13H,1-3H3;4-9,11-12,14,17-18H,10,13H2,1-3H3;1-2H3. The molecule has 224 valence electrons. The van der Waals surface area contributed by atoms with Crippen LogP contribution in [0.5, 0.6) is 0 Å². The lowest BCUT2D eigenvalue weighted by Gasteiger charge is -2.25. The molecular weight excluding hydrogens is 534 g/mol. The number of ether oxygens (including phenoxy) is 2. The monoisotopic (exact) mass is 583 g/mol. The second kappa shape index (κ2) is 17.2. The van der Waals surface area contributed by atoms with Crippen molar-refractivity contribution < 1.29 is 9.47 Å². The molecule has 0 bridgehead atoms. The number of allylic oxidation sites excluding steroid dienone is 2. The summed E-state index contributed by atoms with van der Waals surface area (Å²) in [7, 11) is 3.53. The van der Waals surface area contributed by atoms with Crippen LogP contribution in [-0.4, -0.2) is 25.3 Å². The fraction of sp³-hybridized carbons (Fsp3) is 0.395. The molecule has 0 N–H and O–H groups in total. The van der Waals surface area contributed by atoms with Gasteiger partial charge in [-0.1, -0.05) is 114 Å². The first kappa shape index (κ1) is 33.5. The highest BCUT2D eigenvalue weighted by atomic mass is 32.1. The minimum Gasteiger partial charge on any atom is -0.377 e. The lowest BCUT2D eigenvalue weighted by molar-refractivity contribution is 0.0378. The Labute approximate surface area is 258 Å². The number of methoxy groups -OCH3 is 2. The molecule has 0 spiro atoms. The van der Waals surface area contributed by atoms with Crippen LogP contribution in [0, 0.1) is 11.8 Å². The minimum absolute atomic E-state index is 0.0646. The Kier molecular flexibility index (Phi) is 13.7. The fourth-order valence-electron chi connectivity index (χ4n) is 5.12. The summed E-state index contributed by atoms with van der Waals surface area (Å²) in [4.78, 5) is 5.88. The second-order valence-electron chi connectivity index (χ2n) is 11.0. The van der Waals surface area contributed by atoms with E-state index in [1.807, 2.05) is 55.6 Å². The van der Waals surface area contributed by atoms with E-state index in [0.29, 0.717) is 17.8 Å². The zero-order valence-corrected chi connectivity index (χ0v) is 27.5. The van der Waals surface area contributed by atoms with Gasteiger partial charge in [0.1, 0.15) is 0 Å². The van der Waals surface area contributed by atoms with E-state index in [1.54, 1.807) is 14.2 Å². The Hall–Kier alpha value is -3.05. The van der Waals surface area contributed by atoms with Crippen molar-refractivity contribution in [1.82, 2.24) is 4.98 Å². The van der Waals surface area contributed by atoms with Crippen molar-refractivity contribution >= 4 is 21.4 Å². The van der Waals surface area contributed by atoms with Crippen LogP contribution >= 0.6 is 11.3 Å². The maximum atomic E-state index is 5.68. The molecule has 1 aliphatic rings. The normalized spacial score (nSPS) is 16.5. The summed E-state index contributed by atoms with van der Waals surface area (Å²) in [6, 6.07) is 25.2. The van der Waals surface area contributed by atoms with Crippen molar-refractivity contribution in [2.45, 2.75) is 72.5 Å². The van der Waals surface area contributed by atoms with Gasteiger partial charge >= 0.3 is 0 Å². The highest BCUT2D eigenvalue weighted by Crippen LogP contribution is 2.43. The van der Waals surface area contributed by atoms with Gasteiger partial charge in [0.25, 0.3) is 0 Å². The molecule has 1 aliphatic carbocycles. The topological polar surface area (TPSA) is 31.4 Å². The van der Waals surface area contributed by atoms with Gasteiger partial charge in [0.05, 0.1) is 22.8 Å². The molecule has 4 unspecified atom stereocenters. The Bertz CT molecular complexity index is 1390. The number of hydrogen-bond acceptors (Lipinski definition) is 4. The van der Waals surface area contributed by atoms with Gasteiger partial charge in [-0.3, -0.25) is 4.98 Å². The first-order chi connectivity index (χ1) is 20.4. The van der Waals surface area contributed by atoms with E-state index in [9.17, 15) is 0 Å². The van der Waals surface area contributed by atoms with Crippen LogP contribution < -0.4 is 0 Å². The molecular formula is C38H49NO2S. The largest absolute Gasteiger partial charge is 0.377 e. The zero-order valence-electron chi connectivity index (χ0n) is 26.7. The van der Waals surface area contributed by atoms with Crippen molar-refractivity contribution in [3.8, 4) is 10.6 Å². The van der Waals surface area contributed by atoms with Crippen LogP contribution in [-0.2, 0) is 9.47 Å². The summed E-state index contributed by atoms with van der Waals surface area (Å²) in [6.45, 7) is 13.1. The molecule has 0 amide bonds. The lowest BCUT2D eigenvalue weighted by Crippen LogP contribution is -2.19. The van der Waals surface area contributed by atoms with Crippen molar-refractivity contribution in [2.75, 3.05) is 14.2 Å². The number of fused-ring (bicyclic) bond motifs is 1. The van der Waals surface area contributed by atoms with Gasteiger partial charge < -0.3 is 9.47 Å². The van der Waals surface area contributed by atoms with Crippen LogP contribution in [0.3, 0.4) is 0 Å². The van der Waals surface area contributed by atoms with Gasteiger partial charge in [0.15, 0.2) is 0 Å². The van der Waals surface area contributed by atoms with E-state index in [2.05, 4.69) is 99.4 Å². The molecule has 4 aromatic rings. The highest BCUT2D eigenvalue weighted by Gasteiger charge is 2.22. The van der Waals surface area contributed by atoms with Gasteiger partial charge in [-0.25, -0.2) is 0 Å². The number of aromatic nitrogens is 1. The number of benzene rings is 2. The molecule has 3 nitrogen and oxygen atoms in total. The summed E-state index contributed by atoms with van der Waals surface area (Å²) in [6.07, 6.45) is 10.7. The first-order valence-corrected chi connectivity index (χ1v) is 16.2. The van der Waals surface area contributed by atoms with E-state index in [1.165, 1.54) is 31.7 Å². The summed E-state index contributed by atoms with van der Waals surface area (Å²) in [5, 5.41) is 1.39. The molecule has 42 heavy (non-hydrogen) atoms. The minimum atomic E-state index is 0.0646. The van der Waals surface area contributed by atoms with Crippen LogP contribution in [0.4, 0.5) is 0 Å². The third kappa shape index (κ3) is 8.73. The van der Waals surface area contributed by atoms with Crippen molar-refractivity contribution in [3.05, 3.63) is 114 Å². The quantitative estimate of drug-likeness (QED) is 0.196. The van der Waals surface area contributed by atoms with Gasteiger partial charge in [-0.15, -0.1) is 11.3 Å². The maximum Gasteiger partial charge on any atom is 0.0849 e. The third-order valence-corrected chi connectivity index (χ3v) is 9.08. The van der Waals surface area contributed by atoms with Gasteiger partial charge in [0, 0.05) is 31.5 Å². The Morgan fingerprint density at radius 1 is 0.857 bits per heavy atom. The molecule has 4 heteroatoms. The third-order valence-electron chi connectivity index (χ3n) is 7.87. The SMILES string of the molecule is CC.CC(C)C(C)c1c(-c2ccccn2)sc2ccccc12.COC(CC(OC)c1ccccc1)C1=CCC(C)C=C1. The molecule has 0 saturated carbocycles. The molecule has 0 aliphatic heterocycles. The summed E-state index contributed by atoms with van der Waals surface area (Å²) in [5.41, 5.74) is 5.02. The summed E-state index contributed by atoms with van der Waals surface area (Å²) < 4.78 is 12.7. The molecule has 2 aromatic carbocycles. The number of thiophene rings is 1. The predicted octanol–water partition coefficient (Wildman–Crippen LogP) is 11.1. The first-order valence-electron chi connectivity index (χ1n) is 15.3. The number of rotatable bonds is 9. The molecule has 5 rings (SSSR count). The summed E-state index contributed by atoms with van der Waals surface area (Å²) in [5.74, 6) is 1.78. The average molecular weight is 584 g/mol. The van der Waals surface area contributed by atoms with Gasteiger partial charge in [-0.05, 0) is 64.5 Å². The van der Waals surface area contributed by atoms with Crippen molar-refractivity contribution in [3.63, 3.8) is 0 Å². The van der Waals surface area contributed by atoms with E-state index in [0.717, 1.165) is 18.5 Å². The highest BCUT2D eigenvalue weighted by molar-refractivity contribution is 7.22. The van der Waals surface area contributed by atoms with Crippen LogP contribution in [0.25, 0.3) is 20.7 Å². The Morgan fingerprint density at radius 2 is 1.52 bits per heavy atom. The van der Waals surface area contributed by atoms with Crippen LogP contribution in [0.2, 0.25) is 0 Å². The van der Waals surface area contributed by atoms with Crippen LogP contribution in [0.15, 0.2) is 103 Å². The van der Waals surface area contributed by atoms with Gasteiger partial charge in [-0.2, -0.15) is 0 Å². The fourth-order valence-corrected chi connectivity index (χ4v) is 6.41. The van der Waals surface area contributed by atoms with E-state index in [4.69, 9.17) is 9.47 Å². The molecule has 0 fully saturated rings. The maximum absolute atomic E-state index is 5.68. The van der Waals surface area contributed by atoms with E-state index in [-0.39, 0.29) is 12.2 Å². The summed E-state index contributed by atoms with van der Waals surface area (Å²) >= 11 is 1.86. The average Bonchev–Trinajstić information content (AvgIpc) is 3.43. The number of hydrogen-bond donors (Lipinski definition) is 0. The van der Waals surface area contributed by atoms with Crippen molar-refractivity contribution in [1.29, 1.82) is 0 Å². The number of pyridine rings is 1. The van der Waals surface area contributed by atoms with Crippen LogP contribution in [0.1, 0.15) is 77.5 Å². The molecule has 2 heterocycles. The molecule has 0 radical (unpaired) electrons. The van der Waals surface area contributed by atoms with Crippen molar-refractivity contribution in [2.24, 2.45) is 11.8 Å². The van der Waals surface area contributed by atoms with E-state index >= 15 is 0 Å². The lowest BCUT2D eigenvalue weighted by atomic mass is 9.88. The zero-order chi connectivity index (χ0) is 30.5. The molecule has 0 saturated heterocycles. The molecule has 2 aromatic heterocycles. The Morgan fingerprint density at radius 3 is 2.12 bits per heavy atom. The van der Waals surface area contributed by atoms with Gasteiger partial charge in [0.2, 0.25) is 0 Å². The van der Waals surface area contributed by atoms with E-state index < -0.39 is 0 Å². The number of nitrogens with zero attached hydrogens (tertiary/aromatic N) is 1. The predicted molar refractivity (Wildman–Crippen MR) is 182 cm³/mol. The Balaban J connectivity index is 0.000000218. The molecule has 4 atom stereocenters. The smallest absolute Gasteiger partial charge is 0.0849 e. The second-order valence-corrected chi connectivity index (χ2v) is 12.0.